The molecule has 0 unspecified atom stereocenters. The normalized spacial score (nSPS) is 10.3. The topological polar surface area (TPSA) is 95.7 Å². The molecule has 0 radical (unpaired) electrons. The van der Waals surface area contributed by atoms with Gasteiger partial charge < -0.3 is 14.0 Å². The van der Waals surface area contributed by atoms with Gasteiger partial charge in [-0.25, -0.2) is 14.0 Å². The maximum absolute atomic E-state index is 13.0. The van der Waals surface area contributed by atoms with Gasteiger partial charge in [0.25, 0.3) is 5.76 Å². The summed E-state index contributed by atoms with van der Waals surface area (Å²) in [5, 5.41) is 3.46. The quantitative estimate of drug-likeness (QED) is 0.591. The van der Waals surface area contributed by atoms with Gasteiger partial charge in [0, 0.05) is 5.56 Å². The number of carbonyl (C=O) groups is 3. The summed E-state index contributed by atoms with van der Waals surface area (Å²) in [7, 11) is 0. The van der Waals surface area contributed by atoms with Crippen molar-refractivity contribution in [2.45, 2.75) is 13.8 Å². The summed E-state index contributed by atoms with van der Waals surface area (Å²) in [6, 6.07) is 4.59. The molecule has 1 aromatic carbocycles. The van der Waals surface area contributed by atoms with Gasteiger partial charge in [0.1, 0.15) is 11.4 Å². The van der Waals surface area contributed by atoms with E-state index in [0.717, 1.165) is 12.1 Å². The fourth-order valence-corrected chi connectivity index (χ4v) is 1.92. The van der Waals surface area contributed by atoms with E-state index in [2.05, 4.69) is 5.16 Å². The van der Waals surface area contributed by atoms with Crippen LogP contribution in [0.2, 0.25) is 0 Å². The third-order valence-corrected chi connectivity index (χ3v) is 2.96. The Morgan fingerprint density at radius 1 is 1.04 bits per heavy atom. The van der Waals surface area contributed by atoms with Crippen molar-refractivity contribution in [1.82, 2.24) is 5.16 Å². The Kier molecular flexibility index (Phi) is 5.41. The third-order valence-electron chi connectivity index (χ3n) is 2.96. The molecule has 2 aromatic rings. The summed E-state index contributed by atoms with van der Waals surface area (Å²) in [6.45, 7) is 3.23. The zero-order valence-corrected chi connectivity index (χ0v) is 13.0. The predicted molar refractivity (Wildman–Crippen MR) is 78.2 cm³/mol. The first-order chi connectivity index (χ1) is 11.5. The molecule has 126 valence electrons. The second-order valence-electron chi connectivity index (χ2n) is 4.51. The van der Waals surface area contributed by atoms with Gasteiger partial charge in [-0.2, -0.15) is 0 Å². The number of esters is 2. The zero-order valence-electron chi connectivity index (χ0n) is 13.0. The van der Waals surface area contributed by atoms with Gasteiger partial charge in [-0.1, -0.05) is 5.16 Å². The van der Waals surface area contributed by atoms with Gasteiger partial charge in [0.2, 0.25) is 5.69 Å². The summed E-state index contributed by atoms with van der Waals surface area (Å²) in [5.41, 5.74) is -0.761. The number of ether oxygens (including phenoxy) is 2. The lowest BCUT2D eigenvalue weighted by molar-refractivity contribution is 0.0470. The molecule has 0 amide bonds. The van der Waals surface area contributed by atoms with Gasteiger partial charge in [-0.3, -0.25) is 4.79 Å². The van der Waals surface area contributed by atoms with E-state index in [0.29, 0.717) is 0 Å². The van der Waals surface area contributed by atoms with Crippen LogP contribution < -0.4 is 0 Å². The molecule has 0 fully saturated rings. The highest BCUT2D eigenvalue weighted by atomic mass is 19.1. The fraction of sp³-hybridized carbons (Fsp3) is 0.250. The first-order valence-corrected chi connectivity index (χ1v) is 7.13. The van der Waals surface area contributed by atoms with Crippen LogP contribution in [0.5, 0.6) is 0 Å². The van der Waals surface area contributed by atoms with Crippen LogP contribution >= 0.6 is 0 Å². The lowest BCUT2D eigenvalue weighted by Gasteiger charge is -2.04. The SMILES string of the molecule is CCOC(=O)c1noc(C(=O)OCC)c1C(=O)c1ccc(F)cc1. The van der Waals surface area contributed by atoms with Crippen molar-refractivity contribution >= 4 is 17.7 Å². The summed E-state index contributed by atoms with van der Waals surface area (Å²) in [6.07, 6.45) is 0. The van der Waals surface area contributed by atoms with Gasteiger partial charge in [0.15, 0.2) is 5.78 Å². The van der Waals surface area contributed by atoms with Gasteiger partial charge in [0.05, 0.1) is 13.2 Å². The number of hydrogen-bond donors (Lipinski definition) is 0. The molecular formula is C16H14FNO6. The van der Waals surface area contributed by atoms with Crippen LogP contribution in [0.25, 0.3) is 0 Å². The molecule has 7 nitrogen and oxygen atoms in total. The molecule has 0 N–H and O–H groups in total. The molecule has 24 heavy (non-hydrogen) atoms. The molecule has 0 aliphatic rings. The van der Waals surface area contributed by atoms with Crippen LogP contribution in [0.4, 0.5) is 4.39 Å². The van der Waals surface area contributed by atoms with Crippen LogP contribution in [0.15, 0.2) is 28.8 Å². The van der Waals surface area contributed by atoms with E-state index in [9.17, 15) is 18.8 Å². The lowest BCUT2D eigenvalue weighted by Crippen LogP contribution is -2.16. The van der Waals surface area contributed by atoms with Crippen molar-refractivity contribution in [1.29, 1.82) is 0 Å². The minimum Gasteiger partial charge on any atom is -0.461 e. The van der Waals surface area contributed by atoms with E-state index in [1.165, 1.54) is 12.1 Å². The van der Waals surface area contributed by atoms with Crippen molar-refractivity contribution in [3.63, 3.8) is 0 Å². The number of nitrogens with zero attached hydrogens (tertiary/aromatic N) is 1. The minimum absolute atomic E-state index is 0.0401. The Bertz CT molecular complexity index is 730. The van der Waals surface area contributed by atoms with Crippen LogP contribution in [-0.4, -0.2) is 36.1 Å². The standard InChI is InChI=1S/C16H14FNO6/c1-3-22-15(20)12-11(14(24-18-12)16(21)23-4-2)13(19)9-5-7-10(17)8-6-9/h5-8H,3-4H2,1-2H3. The number of benzene rings is 1. The van der Waals surface area contributed by atoms with Crippen molar-refractivity contribution in [2.75, 3.05) is 13.2 Å². The second kappa shape index (κ2) is 7.49. The van der Waals surface area contributed by atoms with Crippen molar-refractivity contribution in [2.24, 2.45) is 0 Å². The van der Waals surface area contributed by atoms with E-state index in [1.807, 2.05) is 0 Å². The lowest BCUT2D eigenvalue weighted by atomic mass is 10.0. The Labute approximate surface area is 136 Å². The summed E-state index contributed by atoms with van der Waals surface area (Å²) < 4.78 is 27.4. The summed E-state index contributed by atoms with van der Waals surface area (Å²) in [4.78, 5) is 36.5. The Balaban J connectivity index is 2.52. The van der Waals surface area contributed by atoms with E-state index < -0.39 is 35.0 Å². The third kappa shape index (κ3) is 3.48. The first-order valence-electron chi connectivity index (χ1n) is 7.13. The number of hydrogen-bond acceptors (Lipinski definition) is 7. The van der Waals surface area contributed by atoms with Gasteiger partial charge in [-0.15, -0.1) is 0 Å². The molecule has 0 saturated carbocycles. The van der Waals surface area contributed by atoms with Gasteiger partial charge in [-0.05, 0) is 38.1 Å². The van der Waals surface area contributed by atoms with E-state index in [1.54, 1.807) is 13.8 Å². The highest BCUT2D eigenvalue weighted by Crippen LogP contribution is 2.21. The average Bonchev–Trinajstić information content (AvgIpc) is 3.00. The molecule has 0 aliphatic heterocycles. The van der Waals surface area contributed by atoms with Crippen LogP contribution in [0.3, 0.4) is 0 Å². The average molecular weight is 335 g/mol. The molecule has 1 aromatic heterocycles. The smallest absolute Gasteiger partial charge is 0.377 e. The highest BCUT2D eigenvalue weighted by Gasteiger charge is 2.33. The van der Waals surface area contributed by atoms with E-state index in [-0.39, 0.29) is 24.3 Å². The molecule has 2 rings (SSSR count). The number of aromatic nitrogens is 1. The van der Waals surface area contributed by atoms with E-state index >= 15 is 0 Å². The zero-order chi connectivity index (χ0) is 17.7. The number of carbonyl (C=O) groups excluding carboxylic acids is 3. The minimum atomic E-state index is -0.939. The molecule has 8 heteroatoms. The molecule has 0 bridgehead atoms. The van der Waals surface area contributed by atoms with Crippen LogP contribution in [-0.2, 0) is 9.47 Å². The Hall–Kier alpha value is -3.03. The maximum Gasteiger partial charge on any atom is 0.377 e. The first kappa shape index (κ1) is 17.3. The molecule has 0 atom stereocenters. The highest BCUT2D eigenvalue weighted by molar-refractivity contribution is 6.17. The molecular weight excluding hydrogens is 321 g/mol. The largest absolute Gasteiger partial charge is 0.461 e. The number of halogens is 1. The van der Waals surface area contributed by atoms with Crippen molar-refractivity contribution in [3.8, 4) is 0 Å². The number of ketones is 1. The van der Waals surface area contributed by atoms with Gasteiger partial charge >= 0.3 is 11.9 Å². The maximum atomic E-state index is 13.0. The summed E-state index contributed by atoms with van der Waals surface area (Å²) in [5.74, 6) is -3.63. The Morgan fingerprint density at radius 3 is 2.21 bits per heavy atom. The van der Waals surface area contributed by atoms with Crippen LogP contribution in [0.1, 0.15) is 50.8 Å². The van der Waals surface area contributed by atoms with Crippen LogP contribution in [0, 0.1) is 5.82 Å². The van der Waals surface area contributed by atoms with E-state index in [4.69, 9.17) is 14.0 Å². The molecule has 0 spiro atoms. The summed E-state index contributed by atoms with van der Waals surface area (Å²) >= 11 is 0. The van der Waals surface area contributed by atoms with Crippen molar-refractivity contribution in [3.05, 3.63) is 52.7 Å². The predicted octanol–water partition coefficient (Wildman–Crippen LogP) is 2.40. The molecule has 1 heterocycles. The second-order valence-corrected chi connectivity index (χ2v) is 4.51. The fourth-order valence-electron chi connectivity index (χ4n) is 1.92. The number of rotatable bonds is 6. The Morgan fingerprint density at radius 2 is 1.62 bits per heavy atom. The van der Waals surface area contributed by atoms with Crippen molar-refractivity contribution < 1.29 is 32.8 Å². The molecule has 0 aliphatic carbocycles. The monoisotopic (exact) mass is 335 g/mol. The molecule has 0 saturated heterocycles.